The summed E-state index contributed by atoms with van der Waals surface area (Å²) in [4.78, 5) is 0. The number of benzene rings is 2. The molecule has 3 fully saturated rings. The summed E-state index contributed by atoms with van der Waals surface area (Å²) < 4.78 is 69.7. The van der Waals surface area contributed by atoms with Crippen molar-refractivity contribution >= 4 is 0 Å². The van der Waals surface area contributed by atoms with Crippen LogP contribution in [0.3, 0.4) is 0 Å². The average Bonchev–Trinajstić information content (AvgIpc) is 3.03. The molecule has 0 heterocycles. The van der Waals surface area contributed by atoms with E-state index in [1.165, 1.54) is 76.3 Å². The Labute approximate surface area is 262 Å². The zero-order chi connectivity index (χ0) is 31.1. The molecule has 2 nitrogen and oxygen atoms in total. The summed E-state index contributed by atoms with van der Waals surface area (Å²) in [6, 6.07) is 9.28. The first-order valence-electron chi connectivity index (χ1n) is 17.6. The Morgan fingerprint density at radius 2 is 1.36 bits per heavy atom. The van der Waals surface area contributed by atoms with Gasteiger partial charge in [-0.3, -0.25) is 0 Å². The first kappa shape index (κ1) is 33.1. The fraction of sp³-hybridized carbons (Fsp3) is 0.684. The molecule has 2 aromatic rings. The van der Waals surface area contributed by atoms with Crippen LogP contribution in [0.4, 0.5) is 17.6 Å². The maximum atomic E-state index is 15.4. The number of unbranched alkanes of at least 4 members (excludes halogenated alkanes) is 2. The highest BCUT2D eigenvalue weighted by molar-refractivity contribution is 5.33. The van der Waals surface area contributed by atoms with E-state index in [-0.39, 0.29) is 42.7 Å². The maximum Gasteiger partial charge on any atom is 0.400 e. The van der Waals surface area contributed by atoms with Crippen molar-refractivity contribution in [3.8, 4) is 11.5 Å². The summed E-state index contributed by atoms with van der Waals surface area (Å²) in [7, 11) is 0. The molecule has 0 atom stereocenters. The fourth-order valence-electron chi connectivity index (χ4n) is 8.48. The molecule has 0 spiro atoms. The number of halogens is 4. The van der Waals surface area contributed by atoms with E-state index in [0.717, 1.165) is 42.2 Å². The second-order valence-electron chi connectivity index (χ2n) is 13.9. The van der Waals surface area contributed by atoms with E-state index < -0.39 is 17.8 Å². The van der Waals surface area contributed by atoms with Crippen LogP contribution in [0.25, 0.3) is 0 Å². The highest BCUT2D eigenvalue weighted by atomic mass is 19.3. The summed E-state index contributed by atoms with van der Waals surface area (Å²) >= 11 is 0. The van der Waals surface area contributed by atoms with Crippen LogP contribution in [-0.2, 0) is 0 Å². The first-order chi connectivity index (χ1) is 21.3. The van der Waals surface area contributed by atoms with Gasteiger partial charge in [-0.2, -0.15) is 8.78 Å². The third-order valence-corrected chi connectivity index (χ3v) is 11.1. The third-order valence-electron chi connectivity index (χ3n) is 11.1. The molecule has 0 amide bonds. The van der Waals surface area contributed by atoms with Crippen LogP contribution in [0.5, 0.6) is 11.5 Å². The topological polar surface area (TPSA) is 18.5 Å². The minimum absolute atomic E-state index is 0.00920. The predicted molar refractivity (Wildman–Crippen MR) is 169 cm³/mol. The molecule has 5 rings (SSSR count). The highest BCUT2D eigenvalue weighted by Crippen LogP contribution is 2.47. The molecule has 6 heteroatoms. The van der Waals surface area contributed by atoms with E-state index in [0.29, 0.717) is 24.3 Å². The van der Waals surface area contributed by atoms with Crippen LogP contribution in [0, 0.1) is 35.3 Å². The van der Waals surface area contributed by atoms with Gasteiger partial charge in [0.1, 0.15) is 11.6 Å². The normalized spacial score (nSPS) is 28.0. The Balaban J connectivity index is 1.08. The molecule has 3 saturated carbocycles. The van der Waals surface area contributed by atoms with Gasteiger partial charge in [-0.05, 0) is 130 Å². The van der Waals surface area contributed by atoms with Crippen LogP contribution in [-0.4, -0.2) is 12.7 Å². The number of alkyl halides is 2. The lowest BCUT2D eigenvalue weighted by Crippen LogP contribution is -2.37. The van der Waals surface area contributed by atoms with E-state index in [2.05, 4.69) is 13.0 Å². The van der Waals surface area contributed by atoms with Gasteiger partial charge in [-0.15, -0.1) is 0 Å². The average molecular weight is 617 g/mol. The molecule has 244 valence electrons. The van der Waals surface area contributed by atoms with Gasteiger partial charge in [0.05, 0.1) is 12.5 Å². The minimum atomic E-state index is -3.43. The standard InChI is InChI=1S/C38H52F4O2/c1-3-5-6-7-26-8-10-27(11-9-26)28-12-14-29(15-13-28)31-18-22-34(35(39)24-31)30-16-19-32(20-17-30)38(41,42)44-33-21-23-37(43-4-2)36(40)25-33/h18,21-30,32H,3-17,19-20H2,1-2H3. The van der Waals surface area contributed by atoms with Crippen molar-refractivity contribution < 1.29 is 27.0 Å². The van der Waals surface area contributed by atoms with Crippen LogP contribution in [0.15, 0.2) is 36.4 Å². The summed E-state index contributed by atoms with van der Waals surface area (Å²) in [5.41, 5.74) is 1.75. The molecule has 44 heavy (non-hydrogen) atoms. The van der Waals surface area contributed by atoms with Crippen LogP contribution >= 0.6 is 0 Å². The Hall–Kier alpha value is -2.24. The van der Waals surface area contributed by atoms with Gasteiger partial charge in [-0.1, -0.05) is 57.6 Å². The second kappa shape index (κ2) is 15.4. The molecule has 3 aliphatic rings. The van der Waals surface area contributed by atoms with Crippen molar-refractivity contribution in [1.82, 2.24) is 0 Å². The summed E-state index contributed by atoms with van der Waals surface area (Å²) in [5, 5.41) is 0. The van der Waals surface area contributed by atoms with Crippen molar-refractivity contribution in [2.45, 2.75) is 135 Å². The van der Waals surface area contributed by atoms with E-state index in [1.807, 2.05) is 6.07 Å². The molecule has 0 N–H and O–H groups in total. The van der Waals surface area contributed by atoms with Crippen LogP contribution < -0.4 is 9.47 Å². The van der Waals surface area contributed by atoms with Crippen molar-refractivity contribution in [2.24, 2.45) is 23.7 Å². The summed E-state index contributed by atoms with van der Waals surface area (Å²) in [6.45, 7) is 4.28. The molecule has 0 saturated heterocycles. The molecule has 0 aromatic heterocycles. The zero-order valence-electron chi connectivity index (χ0n) is 26.8. The molecule has 2 aromatic carbocycles. The van der Waals surface area contributed by atoms with Crippen molar-refractivity contribution in [2.75, 3.05) is 6.61 Å². The number of rotatable bonds is 12. The Bertz CT molecular complexity index is 1180. The van der Waals surface area contributed by atoms with Gasteiger partial charge < -0.3 is 9.47 Å². The number of ether oxygens (including phenoxy) is 2. The molecule has 3 aliphatic carbocycles. The largest absolute Gasteiger partial charge is 0.491 e. The quantitative estimate of drug-likeness (QED) is 0.174. The molecular weight excluding hydrogens is 564 g/mol. The lowest BCUT2D eigenvalue weighted by atomic mass is 9.68. The van der Waals surface area contributed by atoms with Gasteiger partial charge in [0.15, 0.2) is 11.6 Å². The lowest BCUT2D eigenvalue weighted by molar-refractivity contribution is -0.222. The molecule has 0 aliphatic heterocycles. The zero-order valence-corrected chi connectivity index (χ0v) is 26.8. The van der Waals surface area contributed by atoms with Crippen molar-refractivity contribution in [3.63, 3.8) is 0 Å². The van der Waals surface area contributed by atoms with Crippen molar-refractivity contribution in [3.05, 3.63) is 59.2 Å². The monoisotopic (exact) mass is 616 g/mol. The fourth-order valence-corrected chi connectivity index (χ4v) is 8.48. The van der Waals surface area contributed by atoms with Gasteiger partial charge in [0.25, 0.3) is 0 Å². The number of hydrogen-bond donors (Lipinski definition) is 0. The van der Waals surface area contributed by atoms with Gasteiger partial charge >= 0.3 is 6.11 Å². The van der Waals surface area contributed by atoms with Crippen LogP contribution in [0.1, 0.15) is 140 Å². The van der Waals surface area contributed by atoms with E-state index in [4.69, 9.17) is 9.47 Å². The summed E-state index contributed by atoms with van der Waals surface area (Å²) in [5.74, 6) is 0.867. The Kier molecular flexibility index (Phi) is 11.6. The number of hydrogen-bond acceptors (Lipinski definition) is 2. The predicted octanol–water partition coefficient (Wildman–Crippen LogP) is 12.0. The van der Waals surface area contributed by atoms with Gasteiger partial charge in [0, 0.05) is 6.07 Å². The molecule has 0 bridgehead atoms. The van der Waals surface area contributed by atoms with Crippen molar-refractivity contribution in [1.29, 1.82) is 0 Å². The lowest BCUT2D eigenvalue weighted by Gasteiger charge is -2.38. The van der Waals surface area contributed by atoms with E-state index >= 15 is 13.2 Å². The van der Waals surface area contributed by atoms with Gasteiger partial charge in [-0.25, -0.2) is 8.78 Å². The second-order valence-corrected chi connectivity index (χ2v) is 13.9. The molecule has 0 unspecified atom stereocenters. The maximum absolute atomic E-state index is 15.4. The first-order valence-corrected chi connectivity index (χ1v) is 17.6. The Morgan fingerprint density at radius 3 is 1.98 bits per heavy atom. The molecular formula is C38H52F4O2. The minimum Gasteiger partial charge on any atom is -0.491 e. The smallest absolute Gasteiger partial charge is 0.400 e. The van der Waals surface area contributed by atoms with E-state index in [9.17, 15) is 4.39 Å². The highest BCUT2D eigenvalue weighted by Gasteiger charge is 2.44. The van der Waals surface area contributed by atoms with E-state index in [1.54, 1.807) is 13.0 Å². The third kappa shape index (κ3) is 8.31. The summed E-state index contributed by atoms with van der Waals surface area (Å²) in [6.07, 6.45) is 13.9. The van der Waals surface area contributed by atoms with Crippen LogP contribution in [0.2, 0.25) is 0 Å². The Morgan fingerprint density at radius 1 is 0.705 bits per heavy atom. The van der Waals surface area contributed by atoms with Gasteiger partial charge in [0.2, 0.25) is 0 Å². The molecule has 0 radical (unpaired) electrons. The SMILES string of the molecule is CCCCCC1CCC(C2CCC(c3ccc(C4CCC(C(F)(F)Oc5ccc(OCC)c(F)c5)CC4)c(F)c3)CC2)CC1.